The van der Waals surface area contributed by atoms with Crippen LogP contribution < -0.4 is 0 Å². The maximum absolute atomic E-state index is 9.05. The van der Waals surface area contributed by atoms with Crippen LogP contribution in [0.15, 0.2) is 67.1 Å². The summed E-state index contributed by atoms with van der Waals surface area (Å²) in [4.78, 5) is 13.6. The second kappa shape index (κ2) is 8.85. The SMILES string of the molecule is CN1CCCN(C(=N)c2ccc(-c3cn4c(-c5ccc(C#N)cc5)cnc4cn3)cc2)CC1. The summed E-state index contributed by atoms with van der Waals surface area (Å²) < 4.78 is 2.02. The highest BCUT2D eigenvalue weighted by Gasteiger charge is 2.16. The van der Waals surface area contributed by atoms with Crippen LogP contribution in [0.3, 0.4) is 0 Å². The van der Waals surface area contributed by atoms with Crippen molar-refractivity contribution in [3.8, 4) is 28.6 Å². The first kappa shape index (κ1) is 20.9. The van der Waals surface area contributed by atoms with Crippen molar-refractivity contribution in [3.63, 3.8) is 0 Å². The molecule has 2 aromatic carbocycles. The fourth-order valence-electron chi connectivity index (χ4n) is 4.22. The fourth-order valence-corrected chi connectivity index (χ4v) is 4.22. The molecule has 0 bridgehead atoms. The minimum absolute atomic E-state index is 0.581. The summed E-state index contributed by atoms with van der Waals surface area (Å²) in [6.07, 6.45) is 6.66. The summed E-state index contributed by atoms with van der Waals surface area (Å²) >= 11 is 0. The maximum atomic E-state index is 9.05. The number of benzene rings is 2. The van der Waals surface area contributed by atoms with Crippen LogP contribution in [0.5, 0.6) is 0 Å². The number of aromatic nitrogens is 3. The van der Waals surface area contributed by atoms with Gasteiger partial charge in [0.25, 0.3) is 0 Å². The third-order valence-electron chi connectivity index (χ3n) is 6.20. The van der Waals surface area contributed by atoms with Gasteiger partial charge in [0, 0.05) is 42.5 Å². The van der Waals surface area contributed by atoms with Crippen molar-refractivity contribution in [3.05, 3.63) is 78.2 Å². The largest absolute Gasteiger partial charge is 0.355 e. The van der Waals surface area contributed by atoms with Gasteiger partial charge in [-0.15, -0.1) is 0 Å². The lowest BCUT2D eigenvalue weighted by atomic mass is 10.1. The van der Waals surface area contributed by atoms with E-state index in [0.717, 1.165) is 66.3 Å². The number of amidine groups is 1. The van der Waals surface area contributed by atoms with Gasteiger partial charge in [-0.05, 0) is 32.1 Å². The normalized spacial score (nSPS) is 14.7. The first-order valence-corrected chi connectivity index (χ1v) is 11.1. The number of hydrogen-bond donors (Lipinski definition) is 1. The quantitative estimate of drug-likeness (QED) is 0.390. The van der Waals surface area contributed by atoms with Crippen LogP contribution in [0.2, 0.25) is 0 Å². The lowest BCUT2D eigenvalue weighted by Crippen LogP contribution is -2.34. The highest BCUT2D eigenvalue weighted by Crippen LogP contribution is 2.24. The number of imidazole rings is 1. The number of nitrogens with one attached hydrogen (secondary N) is 1. The standard InChI is InChI=1S/C26H25N7/c1-31-11-2-12-32(14-13-31)26(28)22-9-7-20(8-10-22)23-18-33-24(16-30-25(33)17-29-23)21-5-3-19(15-27)4-6-21/h3-10,16-18,28H,2,11-14H2,1H3. The molecule has 0 radical (unpaired) electrons. The van der Waals surface area contributed by atoms with Crippen LogP contribution in [-0.4, -0.2) is 63.2 Å². The molecule has 0 saturated carbocycles. The van der Waals surface area contributed by atoms with E-state index < -0.39 is 0 Å². The van der Waals surface area contributed by atoms with E-state index in [9.17, 15) is 0 Å². The molecule has 5 rings (SSSR count). The Bertz CT molecular complexity index is 1330. The maximum Gasteiger partial charge on any atom is 0.155 e. The Morgan fingerprint density at radius 3 is 2.42 bits per heavy atom. The van der Waals surface area contributed by atoms with Crippen LogP contribution in [0.4, 0.5) is 0 Å². The van der Waals surface area contributed by atoms with Crippen LogP contribution in [0, 0.1) is 16.7 Å². The van der Waals surface area contributed by atoms with E-state index in [2.05, 4.69) is 32.9 Å². The average Bonchev–Trinajstić information content (AvgIpc) is 3.16. The molecule has 1 aliphatic heterocycles. The molecule has 0 amide bonds. The molecule has 1 N–H and O–H groups in total. The highest BCUT2D eigenvalue weighted by molar-refractivity contribution is 5.96. The van der Waals surface area contributed by atoms with Crippen molar-refractivity contribution < 1.29 is 0 Å². The van der Waals surface area contributed by atoms with Gasteiger partial charge in [-0.25, -0.2) is 4.98 Å². The average molecular weight is 436 g/mol. The number of nitriles is 1. The van der Waals surface area contributed by atoms with Gasteiger partial charge in [0.05, 0.1) is 35.4 Å². The molecule has 2 aromatic heterocycles. The third kappa shape index (κ3) is 4.21. The van der Waals surface area contributed by atoms with E-state index in [1.54, 1.807) is 6.20 Å². The Morgan fingerprint density at radius 2 is 1.67 bits per heavy atom. The zero-order chi connectivity index (χ0) is 22.8. The first-order valence-electron chi connectivity index (χ1n) is 11.1. The van der Waals surface area contributed by atoms with E-state index >= 15 is 0 Å². The predicted octanol–water partition coefficient (Wildman–Crippen LogP) is 3.90. The lowest BCUT2D eigenvalue weighted by Gasteiger charge is -2.23. The number of hydrogen-bond acceptors (Lipinski definition) is 5. The molecule has 1 aliphatic rings. The van der Waals surface area contributed by atoms with E-state index in [-0.39, 0.29) is 0 Å². The van der Waals surface area contributed by atoms with Gasteiger partial charge in [-0.3, -0.25) is 14.8 Å². The Labute approximate surface area is 193 Å². The van der Waals surface area contributed by atoms with Crippen molar-refractivity contribution in [1.82, 2.24) is 24.2 Å². The molecule has 1 saturated heterocycles. The van der Waals surface area contributed by atoms with Gasteiger partial charge in [0.2, 0.25) is 0 Å². The van der Waals surface area contributed by atoms with Gasteiger partial charge in [-0.1, -0.05) is 36.4 Å². The molecule has 7 heteroatoms. The van der Waals surface area contributed by atoms with E-state index in [0.29, 0.717) is 11.4 Å². The minimum atomic E-state index is 0.581. The summed E-state index contributed by atoms with van der Waals surface area (Å²) in [5, 5.41) is 17.7. The zero-order valence-electron chi connectivity index (χ0n) is 18.6. The molecule has 4 aromatic rings. The van der Waals surface area contributed by atoms with Gasteiger partial charge >= 0.3 is 0 Å². The Morgan fingerprint density at radius 1 is 0.909 bits per heavy atom. The van der Waals surface area contributed by atoms with Crippen LogP contribution in [0.1, 0.15) is 17.5 Å². The van der Waals surface area contributed by atoms with Crippen molar-refractivity contribution >= 4 is 11.5 Å². The zero-order valence-corrected chi connectivity index (χ0v) is 18.6. The molecule has 0 atom stereocenters. The summed E-state index contributed by atoms with van der Waals surface area (Å²) in [5.74, 6) is 0.581. The molecular formula is C26H25N7. The van der Waals surface area contributed by atoms with Crippen molar-refractivity contribution in [1.29, 1.82) is 10.7 Å². The van der Waals surface area contributed by atoms with Crippen molar-refractivity contribution in [2.75, 3.05) is 33.2 Å². The number of fused-ring (bicyclic) bond motifs is 1. The summed E-state index contributed by atoms with van der Waals surface area (Å²) in [7, 11) is 2.14. The minimum Gasteiger partial charge on any atom is -0.355 e. The first-order chi connectivity index (χ1) is 16.1. The van der Waals surface area contributed by atoms with Crippen LogP contribution >= 0.6 is 0 Å². The Balaban J connectivity index is 1.41. The van der Waals surface area contributed by atoms with E-state index in [4.69, 9.17) is 10.7 Å². The summed E-state index contributed by atoms with van der Waals surface area (Å²) in [5.41, 5.74) is 6.09. The third-order valence-corrected chi connectivity index (χ3v) is 6.20. The molecule has 0 aliphatic carbocycles. The second-order valence-corrected chi connectivity index (χ2v) is 8.40. The Hall–Kier alpha value is -4.02. The highest BCUT2D eigenvalue weighted by atomic mass is 15.2. The smallest absolute Gasteiger partial charge is 0.155 e. The summed E-state index contributed by atoms with van der Waals surface area (Å²) in [6.45, 7) is 3.86. The molecule has 7 nitrogen and oxygen atoms in total. The van der Waals surface area contributed by atoms with Gasteiger partial charge in [-0.2, -0.15) is 5.26 Å². The van der Waals surface area contributed by atoms with Crippen molar-refractivity contribution in [2.24, 2.45) is 0 Å². The fraction of sp³-hybridized carbons (Fsp3) is 0.231. The van der Waals surface area contributed by atoms with E-state index in [1.165, 1.54) is 0 Å². The van der Waals surface area contributed by atoms with Gasteiger partial charge in [0.1, 0.15) is 5.84 Å². The summed E-state index contributed by atoms with van der Waals surface area (Å²) in [6, 6.07) is 17.7. The lowest BCUT2D eigenvalue weighted by molar-refractivity contribution is 0.346. The molecular weight excluding hydrogens is 410 g/mol. The molecule has 1 fully saturated rings. The topological polar surface area (TPSA) is 84.3 Å². The molecule has 3 heterocycles. The van der Waals surface area contributed by atoms with Crippen LogP contribution in [0.25, 0.3) is 28.2 Å². The molecule has 33 heavy (non-hydrogen) atoms. The van der Waals surface area contributed by atoms with E-state index in [1.807, 2.05) is 65.3 Å². The molecule has 0 spiro atoms. The second-order valence-electron chi connectivity index (χ2n) is 8.40. The van der Waals surface area contributed by atoms with Gasteiger partial charge < -0.3 is 9.80 Å². The monoisotopic (exact) mass is 435 g/mol. The molecule has 0 unspecified atom stereocenters. The number of nitrogens with zero attached hydrogens (tertiary/aromatic N) is 6. The molecule has 164 valence electrons. The number of likely N-dealkylation sites (N-methyl/N-ethyl adjacent to an activating group) is 1. The van der Waals surface area contributed by atoms with Crippen LogP contribution in [-0.2, 0) is 0 Å². The van der Waals surface area contributed by atoms with Gasteiger partial charge in [0.15, 0.2) is 5.65 Å². The number of rotatable bonds is 3. The van der Waals surface area contributed by atoms with Crippen molar-refractivity contribution in [2.45, 2.75) is 6.42 Å². The Kier molecular flexibility index (Phi) is 5.59. The predicted molar refractivity (Wildman–Crippen MR) is 129 cm³/mol.